The van der Waals surface area contributed by atoms with E-state index in [1.165, 1.54) is 0 Å². The van der Waals surface area contributed by atoms with Crippen LogP contribution in [0.15, 0.2) is 0 Å². The molecule has 0 atom stereocenters. The highest BCUT2D eigenvalue weighted by atomic mass is 16.5. The summed E-state index contributed by atoms with van der Waals surface area (Å²) in [6.45, 7) is 17.1. The van der Waals surface area contributed by atoms with Gasteiger partial charge in [-0.25, -0.2) is 0 Å². The maximum atomic E-state index is 13.3. The Hall–Kier alpha value is -1.68. The molecule has 9 heteroatoms. The Labute approximate surface area is 243 Å². The van der Waals surface area contributed by atoms with Gasteiger partial charge >= 0.3 is 0 Å². The molecule has 1 amide bonds. The molecule has 0 rings (SSSR count). The number of ether oxygens (including phenoxy) is 3. The van der Waals surface area contributed by atoms with Crippen LogP contribution in [-0.2, 0) is 33.4 Å². The van der Waals surface area contributed by atoms with Crippen LogP contribution in [0, 0.1) is 17.8 Å². The third kappa shape index (κ3) is 16.6. The highest BCUT2D eigenvalue weighted by Gasteiger charge is 2.38. The van der Waals surface area contributed by atoms with Gasteiger partial charge in [0.1, 0.15) is 24.0 Å². The molecule has 0 saturated heterocycles. The molecule has 0 aliphatic carbocycles. The summed E-state index contributed by atoms with van der Waals surface area (Å²) in [5.41, 5.74) is -0.834. The number of hydrogen-bond acceptors (Lipinski definition) is 8. The summed E-state index contributed by atoms with van der Waals surface area (Å²) in [4.78, 5) is 51.4. The van der Waals surface area contributed by atoms with E-state index in [1.54, 1.807) is 11.9 Å². The van der Waals surface area contributed by atoms with Gasteiger partial charge in [-0.05, 0) is 12.8 Å². The number of ketones is 3. The van der Waals surface area contributed by atoms with Crippen LogP contribution in [0.3, 0.4) is 0 Å². The average molecular weight is 571 g/mol. The Morgan fingerprint density at radius 2 is 1.15 bits per heavy atom. The van der Waals surface area contributed by atoms with E-state index >= 15 is 0 Å². The van der Waals surface area contributed by atoms with E-state index in [0.29, 0.717) is 57.7 Å². The summed E-state index contributed by atoms with van der Waals surface area (Å²) in [6.07, 6.45) is 3.00. The van der Waals surface area contributed by atoms with Crippen LogP contribution in [0.25, 0.3) is 0 Å². The molecule has 0 aromatic carbocycles. The summed E-state index contributed by atoms with van der Waals surface area (Å²) in [5.74, 6) is 0.0977. The van der Waals surface area contributed by atoms with E-state index < -0.39 is 5.54 Å². The molecule has 234 valence electrons. The molecular weight excluding hydrogens is 512 g/mol. The van der Waals surface area contributed by atoms with Crippen LogP contribution in [-0.4, -0.2) is 93.0 Å². The zero-order chi connectivity index (χ0) is 30.7. The Morgan fingerprint density at radius 3 is 1.60 bits per heavy atom. The predicted octanol–water partition coefficient (Wildman–Crippen LogP) is 4.25. The lowest BCUT2D eigenvalue weighted by atomic mass is 9.90. The van der Waals surface area contributed by atoms with Crippen molar-refractivity contribution < 1.29 is 33.4 Å². The molecule has 0 spiro atoms. The van der Waals surface area contributed by atoms with Gasteiger partial charge in [0, 0.05) is 56.7 Å². The number of likely N-dealkylation sites (N-methyl/N-ethyl adjacent to an activating group) is 1. The number of unbranched alkanes of at least 4 members (excludes halogenated alkanes) is 1. The largest absolute Gasteiger partial charge is 0.378 e. The molecule has 0 heterocycles. The number of Topliss-reactive ketones (excluding diaryl/α,β-unsaturated/α-hetero) is 3. The van der Waals surface area contributed by atoms with E-state index in [2.05, 4.69) is 5.32 Å². The predicted molar refractivity (Wildman–Crippen MR) is 158 cm³/mol. The van der Waals surface area contributed by atoms with Crippen molar-refractivity contribution in [3.63, 3.8) is 0 Å². The van der Waals surface area contributed by atoms with E-state index in [0.717, 1.165) is 0 Å². The van der Waals surface area contributed by atoms with Crippen molar-refractivity contribution in [3.05, 3.63) is 0 Å². The fourth-order valence-electron chi connectivity index (χ4n) is 3.98. The number of carbonyl (C=O) groups is 4. The number of nitrogens with one attached hydrogen (secondary N) is 1. The Kier molecular flexibility index (Phi) is 20.2. The van der Waals surface area contributed by atoms with Gasteiger partial charge in [-0.3, -0.25) is 19.2 Å². The van der Waals surface area contributed by atoms with Crippen LogP contribution < -0.4 is 5.32 Å². The molecule has 0 unspecified atom stereocenters. The van der Waals surface area contributed by atoms with Gasteiger partial charge in [-0.15, -0.1) is 0 Å². The van der Waals surface area contributed by atoms with Gasteiger partial charge in [0.25, 0.3) is 0 Å². The smallest absolute Gasteiger partial charge is 0.248 e. The molecule has 0 aromatic rings. The van der Waals surface area contributed by atoms with E-state index in [1.807, 2.05) is 55.4 Å². The number of carbonyl (C=O) groups excluding carboxylic acids is 4. The minimum Gasteiger partial charge on any atom is -0.378 e. The van der Waals surface area contributed by atoms with Crippen molar-refractivity contribution in [1.82, 2.24) is 10.2 Å². The summed E-state index contributed by atoms with van der Waals surface area (Å²) >= 11 is 0. The Balaban J connectivity index is 5.61. The fraction of sp³-hybridized carbons (Fsp3) is 0.871. The van der Waals surface area contributed by atoms with Crippen LogP contribution >= 0.6 is 0 Å². The van der Waals surface area contributed by atoms with Crippen molar-refractivity contribution in [2.75, 3.05) is 53.2 Å². The van der Waals surface area contributed by atoms with Crippen molar-refractivity contribution >= 4 is 23.3 Å². The van der Waals surface area contributed by atoms with Crippen molar-refractivity contribution in [2.45, 2.75) is 105 Å². The molecule has 1 N–H and O–H groups in total. The highest BCUT2D eigenvalue weighted by molar-refractivity contribution is 5.81. The normalized spacial score (nSPS) is 12.1. The first-order valence-corrected chi connectivity index (χ1v) is 15.0. The first-order valence-electron chi connectivity index (χ1n) is 15.0. The van der Waals surface area contributed by atoms with Gasteiger partial charge in [0.2, 0.25) is 5.91 Å². The van der Waals surface area contributed by atoms with Crippen molar-refractivity contribution in [3.8, 4) is 0 Å². The lowest BCUT2D eigenvalue weighted by Gasteiger charge is -2.42. The Bertz CT molecular complexity index is 681. The summed E-state index contributed by atoms with van der Waals surface area (Å²) in [5, 5.41) is 3.26. The lowest BCUT2D eigenvalue weighted by Crippen LogP contribution is -2.57. The van der Waals surface area contributed by atoms with E-state index in [4.69, 9.17) is 14.2 Å². The van der Waals surface area contributed by atoms with Gasteiger partial charge in [-0.2, -0.15) is 0 Å². The monoisotopic (exact) mass is 570 g/mol. The maximum absolute atomic E-state index is 13.3. The minimum atomic E-state index is -0.834. The van der Waals surface area contributed by atoms with Gasteiger partial charge in [0.05, 0.1) is 38.6 Å². The number of amides is 1. The van der Waals surface area contributed by atoms with Gasteiger partial charge in [-0.1, -0.05) is 61.8 Å². The van der Waals surface area contributed by atoms with E-state index in [-0.39, 0.29) is 74.0 Å². The maximum Gasteiger partial charge on any atom is 0.248 e. The third-order valence-corrected chi connectivity index (χ3v) is 7.08. The number of rotatable bonds is 25. The molecule has 0 fully saturated rings. The SMILES string of the molecule is CC(C)NCCOCC(=O)N(C)C(CCCCC(=O)C(C)C)(COCCC(=O)C(C)C)COCCC(=O)C(C)C. The average Bonchev–Trinajstić information content (AvgIpc) is 2.89. The second-order valence-corrected chi connectivity index (χ2v) is 12.0. The van der Waals surface area contributed by atoms with E-state index in [9.17, 15) is 19.2 Å². The first kappa shape index (κ1) is 38.3. The quantitative estimate of drug-likeness (QED) is 0.162. The van der Waals surface area contributed by atoms with Crippen LogP contribution in [0.4, 0.5) is 0 Å². The molecule has 0 aromatic heterocycles. The topological polar surface area (TPSA) is 111 Å². The second-order valence-electron chi connectivity index (χ2n) is 12.0. The summed E-state index contributed by atoms with van der Waals surface area (Å²) in [6, 6.07) is 0.330. The first-order chi connectivity index (χ1) is 18.7. The molecule has 9 nitrogen and oxygen atoms in total. The van der Waals surface area contributed by atoms with Crippen LogP contribution in [0.1, 0.15) is 93.9 Å². The molecular formula is C31H58N2O7. The Morgan fingerprint density at radius 1 is 0.675 bits per heavy atom. The zero-order valence-electron chi connectivity index (χ0n) is 26.8. The van der Waals surface area contributed by atoms with Gasteiger partial charge < -0.3 is 24.4 Å². The van der Waals surface area contributed by atoms with Crippen LogP contribution in [0.5, 0.6) is 0 Å². The standard InChI is InChI=1S/C31H58N2O7/c1-23(2)27(34)12-10-11-15-31(21-39-17-13-28(35)24(3)4,22-40-18-14-29(36)25(5)6)33(9)30(37)20-38-19-16-32-26(7)8/h23-26,32H,10-22H2,1-9H3. The molecule has 0 aliphatic rings. The van der Waals surface area contributed by atoms with Crippen molar-refractivity contribution in [2.24, 2.45) is 17.8 Å². The van der Waals surface area contributed by atoms with Crippen molar-refractivity contribution in [1.29, 1.82) is 0 Å². The number of nitrogens with zero attached hydrogens (tertiary/aromatic N) is 1. The lowest BCUT2D eigenvalue weighted by molar-refractivity contribution is -0.149. The fourth-order valence-corrected chi connectivity index (χ4v) is 3.98. The highest BCUT2D eigenvalue weighted by Crippen LogP contribution is 2.25. The third-order valence-electron chi connectivity index (χ3n) is 7.08. The molecule has 0 bridgehead atoms. The summed E-state index contributed by atoms with van der Waals surface area (Å²) < 4.78 is 17.7. The minimum absolute atomic E-state index is 0.0139. The number of hydrogen-bond donors (Lipinski definition) is 1. The van der Waals surface area contributed by atoms with Gasteiger partial charge in [0.15, 0.2) is 0 Å². The zero-order valence-corrected chi connectivity index (χ0v) is 26.8. The second kappa shape index (κ2) is 21.1. The molecule has 0 saturated carbocycles. The molecule has 0 aliphatic heterocycles. The molecule has 0 radical (unpaired) electrons. The molecule has 40 heavy (non-hydrogen) atoms. The summed E-state index contributed by atoms with van der Waals surface area (Å²) in [7, 11) is 1.72. The van der Waals surface area contributed by atoms with Crippen LogP contribution in [0.2, 0.25) is 0 Å².